The third-order valence-electron chi connectivity index (χ3n) is 17.6. The number of aromatic nitrogens is 4. The molecule has 4 N–H and O–H groups in total. The second-order valence-corrected chi connectivity index (χ2v) is 25.1. The molecule has 442 valence electrons. The van der Waals surface area contributed by atoms with E-state index in [-0.39, 0.29) is 136 Å². The third kappa shape index (κ3) is 13.0. The van der Waals surface area contributed by atoms with Crippen molar-refractivity contribution in [2.45, 2.75) is 80.8 Å². The van der Waals surface area contributed by atoms with Crippen molar-refractivity contribution in [3.8, 4) is 0 Å². The maximum absolute atomic E-state index is 14.3. The number of carbonyl (C=O) groups excluding carboxylic acids is 8. The second kappa shape index (κ2) is 25.9. The highest BCUT2D eigenvalue weighted by Gasteiger charge is 2.90. The monoisotopic (exact) mass is 1170 g/mol. The number of nitrogens with one attached hydrogen (secondary N) is 2. The summed E-state index contributed by atoms with van der Waals surface area (Å²) in [6.45, 7) is 5.06. The molecule has 24 heteroatoms. The van der Waals surface area contributed by atoms with Gasteiger partial charge < -0.3 is 50.2 Å². The van der Waals surface area contributed by atoms with Crippen molar-refractivity contribution in [3.05, 3.63) is 109 Å². The molecule has 0 saturated heterocycles. The molecule has 0 aliphatic heterocycles. The normalized spacial score (nSPS) is 24.5. The summed E-state index contributed by atoms with van der Waals surface area (Å²) in [4.78, 5) is 135. The van der Waals surface area contributed by atoms with E-state index < -0.39 is 58.7 Å². The maximum atomic E-state index is 14.3. The summed E-state index contributed by atoms with van der Waals surface area (Å²) < 4.78 is 0. The molecular formula is C59H74N12O10S2. The van der Waals surface area contributed by atoms with Crippen LogP contribution >= 0.6 is 23.5 Å². The first-order valence-electron chi connectivity index (χ1n) is 28.2. The number of carbonyl (C=O) groups is 8. The van der Waals surface area contributed by atoms with Crippen LogP contribution in [0.1, 0.15) is 45.2 Å². The Hall–Kier alpha value is -7.02. The van der Waals surface area contributed by atoms with Gasteiger partial charge in [-0.25, -0.2) is 19.9 Å². The summed E-state index contributed by atoms with van der Waals surface area (Å²) in [5.41, 5.74) is -1.17. The third-order valence-corrected chi connectivity index (χ3v) is 19.3. The van der Waals surface area contributed by atoms with Gasteiger partial charge in [0.25, 0.3) is 0 Å². The van der Waals surface area contributed by atoms with Gasteiger partial charge in [0.15, 0.2) is 10.3 Å². The molecule has 22 nitrogen and oxygen atoms in total. The first-order chi connectivity index (χ1) is 39.7. The number of aliphatic hydroxyl groups is 2. The Morgan fingerprint density at radius 2 is 0.867 bits per heavy atom. The van der Waals surface area contributed by atoms with Gasteiger partial charge in [0.1, 0.15) is 13.1 Å². The zero-order valence-corrected chi connectivity index (χ0v) is 49.3. The highest BCUT2D eigenvalue weighted by molar-refractivity contribution is 8.00. The van der Waals surface area contributed by atoms with Gasteiger partial charge in [-0.05, 0) is 105 Å². The Kier molecular flexibility index (Phi) is 18.9. The van der Waals surface area contributed by atoms with Gasteiger partial charge in [-0.3, -0.25) is 38.4 Å². The molecule has 0 radical (unpaired) electrons. The zero-order valence-electron chi connectivity index (χ0n) is 47.7. The van der Waals surface area contributed by atoms with Crippen LogP contribution < -0.4 is 10.6 Å². The van der Waals surface area contributed by atoms with E-state index in [4.69, 9.17) is 0 Å². The predicted molar refractivity (Wildman–Crippen MR) is 307 cm³/mol. The minimum absolute atomic E-state index is 0.0127. The van der Waals surface area contributed by atoms with Gasteiger partial charge in [0.2, 0.25) is 47.3 Å². The van der Waals surface area contributed by atoms with Crippen molar-refractivity contribution in [2.24, 2.45) is 47.3 Å². The molecular weight excluding hydrogens is 1100 g/mol. The molecule has 5 aliphatic rings. The Balaban J connectivity index is 0.811. The lowest BCUT2D eigenvalue weighted by atomic mass is 9.51. The van der Waals surface area contributed by atoms with Crippen LogP contribution in [0.25, 0.3) is 0 Å². The van der Waals surface area contributed by atoms with Gasteiger partial charge in [-0.15, -0.1) is 0 Å². The first-order valence-corrected chi connectivity index (χ1v) is 30.1. The van der Waals surface area contributed by atoms with Crippen molar-refractivity contribution in [1.82, 2.24) is 60.0 Å². The highest BCUT2D eigenvalue weighted by atomic mass is 32.2. The average molecular weight is 1180 g/mol. The summed E-state index contributed by atoms with van der Waals surface area (Å²) in [7, 11) is 3.03. The van der Waals surface area contributed by atoms with Crippen molar-refractivity contribution in [2.75, 3.05) is 78.0 Å². The van der Waals surface area contributed by atoms with Crippen LogP contribution in [-0.2, 0) is 51.4 Å². The molecule has 2 aromatic carbocycles. The van der Waals surface area contributed by atoms with Gasteiger partial charge in [-0.1, -0.05) is 84.2 Å². The van der Waals surface area contributed by atoms with Gasteiger partial charge in [0.05, 0.1) is 48.9 Å². The molecule has 0 unspecified atom stereocenters. The highest BCUT2D eigenvalue weighted by Crippen LogP contribution is 2.87. The summed E-state index contributed by atoms with van der Waals surface area (Å²) in [6, 6.07) is 20.8. The van der Waals surface area contributed by atoms with Crippen molar-refractivity contribution in [3.63, 3.8) is 0 Å². The Morgan fingerprint density at radius 3 is 1.22 bits per heavy atom. The van der Waals surface area contributed by atoms with Crippen LogP contribution in [0.4, 0.5) is 0 Å². The van der Waals surface area contributed by atoms with Gasteiger partial charge in [0, 0.05) is 77.1 Å². The standard InChI is InChI=1S/C59H74N12O10S2/c1-36(2)70(46(76)28-66(5)48(78)32-82-56-60-19-13-20-61-56)30-44(74)68(24-38-15-9-7-10-16-38)26-42(72)64-34-58(80)52-40-23-41-51-50(40)54(58)55(51)59(81,53(41)52)35-65-43(73)27-69(25-39-17-11-8-12-18-39)45(75)31-71(37(3)4)47(77)29-67(6)49(79)33-83-57-62-21-14-22-63-57/h7-22,36-37,40-41,50-55,80-81H,23-35H2,1-6H3,(H,64,72)(H,65,73)/t40-,41+,50+,51-,52-,53+,54+,55-,58+,59-. The second-order valence-electron chi connectivity index (χ2n) is 23.2. The minimum atomic E-state index is -1.35. The van der Waals surface area contributed by atoms with Crippen molar-refractivity contribution >= 4 is 70.8 Å². The number of hydrogen-bond donors (Lipinski definition) is 4. The largest absolute Gasteiger partial charge is 0.387 e. The molecule has 2 heterocycles. The lowest BCUT2D eigenvalue weighted by Gasteiger charge is -2.57. The minimum Gasteiger partial charge on any atom is -0.387 e. The SMILES string of the molecule is CC(C)N(CC(=O)N(CC(=O)NC[C@]1(O)[C@@H]2[C@@H]3[C@@H]4C[C@@H]5[C@@H]3[C@@H]2[C@](O)(CNC(=O)CN(Cc2ccccc2)C(=O)CN(C(=O)CN(C)C(=O)CSc2ncccn2)C(C)C)[C@H]5[C@H]41)Cc1ccccc1)C(=O)CN(C)C(=O)CSc1ncccn1. The van der Waals surface area contributed by atoms with E-state index in [0.717, 1.165) is 41.1 Å². The van der Waals surface area contributed by atoms with Crippen LogP contribution in [0.5, 0.6) is 0 Å². The molecule has 2 bridgehead atoms. The lowest BCUT2D eigenvalue weighted by molar-refractivity contribution is -0.211. The number of fused-ring (bicyclic) bond motifs is 2. The Bertz CT molecular complexity index is 2810. The predicted octanol–water partition coefficient (Wildman–Crippen LogP) is 1.68. The van der Waals surface area contributed by atoms with E-state index >= 15 is 0 Å². The summed E-state index contributed by atoms with van der Waals surface area (Å²) in [5, 5.41) is 32.4. The smallest absolute Gasteiger partial charge is 0.242 e. The van der Waals surface area contributed by atoms with Gasteiger partial charge in [-0.2, -0.15) is 0 Å². The molecule has 5 saturated carbocycles. The quantitative estimate of drug-likeness (QED) is 0.0465. The van der Waals surface area contributed by atoms with E-state index in [0.29, 0.717) is 10.3 Å². The van der Waals surface area contributed by atoms with Crippen LogP contribution in [0, 0.1) is 47.3 Å². The molecule has 0 spiro atoms. The number of thioether (sulfide) groups is 2. The van der Waals surface area contributed by atoms with Crippen molar-refractivity contribution in [1.29, 1.82) is 0 Å². The maximum Gasteiger partial charge on any atom is 0.242 e. The van der Waals surface area contributed by atoms with Crippen LogP contribution in [0.2, 0.25) is 0 Å². The van der Waals surface area contributed by atoms with Crippen LogP contribution in [0.15, 0.2) is 108 Å². The number of rotatable bonds is 28. The number of benzene rings is 2. The van der Waals surface area contributed by atoms with E-state index in [9.17, 15) is 48.6 Å². The summed E-state index contributed by atoms with van der Waals surface area (Å²) in [6.07, 6.45) is 7.13. The van der Waals surface area contributed by atoms with Crippen LogP contribution in [0.3, 0.4) is 0 Å². The molecule has 8 amide bonds. The number of nitrogens with zero attached hydrogens (tertiary/aromatic N) is 10. The molecule has 2 aromatic heterocycles. The molecule has 5 fully saturated rings. The fourth-order valence-electron chi connectivity index (χ4n) is 14.0. The fraction of sp³-hybridized carbons (Fsp3) is 0.525. The number of amides is 8. The Labute approximate surface area is 491 Å². The zero-order chi connectivity index (χ0) is 59.3. The van der Waals surface area contributed by atoms with E-state index in [1.54, 1.807) is 64.6 Å². The number of hydrogen-bond acceptors (Lipinski definition) is 16. The fourth-order valence-corrected chi connectivity index (χ4v) is 15.5. The first kappa shape index (κ1) is 60.6. The summed E-state index contributed by atoms with van der Waals surface area (Å²) >= 11 is 2.29. The molecule has 9 rings (SSSR count). The Morgan fingerprint density at radius 1 is 0.506 bits per heavy atom. The van der Waals surface area contributed by atoms with E-state index in [1.807, 2.05) is 60.7 Å². The lowest BCUT2D eigenvalue weighted by Crippen LogP contribution is -2.69. The summed E-state index contributed by atoms with van der Waals surface area (Å²) in [5.74, 6) is -4.29. The topological polar surface area (TPSA) is 272 Å². The number of likely N-dealkylation sites (N-methyl/N-ethyl adjacent to an activating group) is 2. The van der Waals surface area contributed by atoms with E-state index in [1.165, 1.54) is 43.5 Å². The molecule has 5 aliphatic carbocycles. The molecule has 10 atom stereocenters. The van der Waals surface area contributed by atoms with E-state index in [2.05, 4.69) is 30.6 Å². The average Bonchev–Trinajstić information content (AvgIpc) is 1.46. The molecule has 83 heavy (non-hydrogen) atoms. The van der Waals surface area contributed by atoms with Crippen LogP contribution in [-0.4, -0.2) is 208 Å². The van der Waals surface area contributed by atoms with Crippen molar-refractivity contribution < 1.29 is 48.6 Å². The molecule has 4 aromatic rings. The van der Waals surface area contributed by atoms with Gasteiger partial charge >= 0.3 is 0 Å².